The van der Waals surface area contributed by atoms with Crippen LogP contribution in [0.25, 0.3) is 0 Å². The van der Waals surface area contributed by atoms with E-state index >= 15 is 0 Å². The van der Waals surface area contributed by atoms with Gasteiger partial charge in [0.15, 0.2) is 0 Å². The molecule has 0 bridgehead atoms. The predicted molar refractivity (Wildman–Crippen MR) is 89.1 cm³/mol. The zero-order valence-electron chi connectivity index (χ0n) is 12.5. The van der Waals surface area contributed by atoms with Crippen LogP contribution in [0.15, 0.2) is 42.6 Å². The first-order valence-electron chi connectivity index (χ1n) is 7.60. The molecule has 1 fully saturated rings. The number of nitrogen functional groups attached to an aromatic ring is 1. The van der Waals surface area contributed by atoms with Crippen molar-refractivity contribution in [3.63, 3.8) is 0 Å². The Morgan fingerprint density at radius 3 is 2.41 bits per heavy atom. The Bertz CT molecular complexity index is 631. The summed E-state index contributed by atoms with van der Waals surface area (Å²) in [5.41, 5.74) is 8.45. The van der Waals surface area contributed by atoms with Gasteiger partial charge in [0.05, 0.1) is 11.9 Å². The molecule has 22 heavy (non-hydrogen) atoms. The molecule has 1 aromatic heterocycles. The van der Waals surface area contributed by atoms with E-state index in [1.165, 1.54) is 31.1 Å². The fourth-order valence-electron chi connectivity index (χ4n) is 2.64. The Balaban J connectivity index is 1.65. The first-order valence-corrected chi connectivity index (χ1v) is 7.60. The number of piperidine rings is 1. The molecule has 3 N–H and O–H groups in total. The number of anilines is 3. The number of carbonyl (C=O) groups excluding carboxylic acids is 1. The van der Waals surface area contributed by atoms with Gasteiger partial charge in [0.2, 0.25) is 0 Å². The van der Waals surface area contributed by atoms with Crippen LogP contribution in [0.5, 0.6) is 0 Å². The van der Waals surface area contributed by atoms with Crippen LogP contribution in [0, 0.1) is 0 Å². The maximum absolute atomic E-state index is 12.1. The molecule has 3 rings (SSSR count). The minimum atomic E-state index is -0.231. The summed E-state index contributed by atoms with van der Waals surface area (Å²) in [5, 5.41) is 2.85. The number of pyridine rings is 1. The fraction of sp³-hybridized carbons (Fsp3) is 0.294. The van der Waals surface area contributed by atoms with Gasteiger partial charge in [-0.25, -0.2) is 4.98 Å². The van der Waals surface area contributed by atoms with Crippen LogP contribution >= 0.6 is 0 Å². The van der Waals surface area contributed by atoms with Crippen LogP contribution < -0.4 is 16.0 Å². The lowest BCUT2D eigenvalue weighted by Crippen LogP contribution is -2.29. The van der Waals surface area contributed by atoms with E-state index in [2.05, 4.69) is 27.3 Å². The lowest BCUT2D eigenvalue weighted by Gasteiger charge is -2.28. The van der Waals surface area contributed by atoms with E-state index in [-0.39, 0.29) is 5.91 Å². The SMILES string of the molecule is Nc1ccc(C(=O)Nc2ccc(N3CCCCC3)cc2)nc1. The number of carbonyl (C=O) groups is 1. The largest absolute Gasteiger partial charge is 0.397 e. The van der Waals surface area contributed by atoms with E-state index in [9.17, 15) is 4.79 Å². The highest BCUT2D eigenvalue weighted by Gasteiger charge is 2.11. The summed E-state index contributed by atoms with van der Waals surface area (Å²) in [7, 11) is 0. The van der Waals surface area contributed by atoms with E-state index in [0.29, 0.717) is 11.4 Å². The second-order valence-electron chi connectivity index (χ2n) is 5.53. The summed E-state index contributed by atoms with van der Waals surface area (Å²) in [6.07, 6.45) is 5.30. The quantitative estimate of drug-likeness (QED) is 0.913. The highest BCUT2D eigenvalue weighted by atomic mass is 16.1. The molecule has 0 saturated carbocycles. The van der Waals surface area contributed by atoms with Crippen molar-refractivity contribution in [3.8, 4) is 0 Å². The molecule has 1 saturated heterocycles. The molecule has 1 amide bonds. The summed E-state index contributed by atoms with van der Waals surface area (Å²) < 4.78 is 0. The number of aromatic nitrogens is 1. The van der Waals surface area contributed by atoms with Crippen molar-refractivity contribution >= 4 is 23.0 Å². The Hall–Kier alpha value is -2.56. The van der Waals surface area contributed by atoms with Gasteiger partial charge in [0, 0.05) is 24.5 Å². The zero-order valence-corrected chi connectivity index (χ0v) is 12.5. The molecular weight excluding hydrogens is 276 g/mol. The number of amides is 1. The lowest BCUT2D eigenvalue weighted by atomic mass is 10.1. The van der Waals surface area contributed by atoms with Crippen molar-refractivity contribution in [2.45, 2.75) is 19.3 Å². The lowest BCUT2D eigenvalue weighted by molar-refractivity contribution is 0.102. The number of hydrogen-bond donors (Lipinski definition) is 2. The van der Waals surface area contributed by atoms with Crippen LogP contribution in [0.4, 0.5) is 17.1 Å². The van der Waals surface area contributed by atoms with Crippen LogP contribution in [-0.2, 0) is 0 Å². The van der Waals surface area contributed by atoms with Crippen LogP contribution in [0.2, 0.25) is 0 Å². The molecule has 114 valence electrons. The van der Waals surface area contributed by atoms with Gasteiger partial charge in [0.25, 0.3) is 5.91 Å². The molecule has 1 aliphatic heterocycles. The van der Waals surface area contributed by atoms with E-state index in [4.69, 9.17) is 5.73 Å². The van der Waals surface area contributed by atoms with Gasteiger partial charge in [-0.2, -0.15) is 0 Å². The van der Waals surface area contributed by atoms with Crippen molar-refractivity contribution in [2.75, 3.05) is 29.0 Å². The van der Waals surface area contributed by atoms with Crippen LogP contribution in [-0.4, -0.2) is 24.0 Å². The summed E-state index contributed by atoms with van der Waals surface area (Å²) in [5.74, 6) is -0.231. The van der Waals surface area contributed by atoms with Crippen molar-refractivity contribution in [3.05, 3.63) is 48.3 Å². The van der Waals surface area contributed by atoms with Gasteiger partial charge in [-0.05, 0) is 55.7 Å². The Kier molecular flexibility index (Phi) is 4.23. The summed E-state index contributed by atoms with van der Waals surface area (Å²) in [6.45, 7) is 2.22. The van der Waals surface area contributed by atoms with E-state index in [1.54, 1.807) is 12.1 Å². The molecule has 5 nitrogen and oxygen atoms in total. The second kappa shape index (κ2) is 6.47. The fourth-order valence-corrected chi connectivity index (χ4v) is 2.64. The Labute approximate surface area is 130 Å². The van der Waals surface area contributed by atoms with Gasteiger partial charge in [-0.3, -0.25) is 4.79 Å². The summed E-state index contributed by atoms with van der Waals surface area (Å²) in [4.78, 5) is 18.5. The average molecular weight is 296 g/mol. The third-order valence-electron chi connectivity index (χ3n) is 3.87. The van der Waals surface area contributed by atoms with Crippen molar-refractivity contribution in [1.29, 1.82) is 0 Å². The van der Waals surface area contributed by atoms with Gasteiger partial charge < -0.3 is 16.0 Å². The third kappa shape index (κ3) is 3.36. The molecule has 0 atom stereocenters. The first kappa shape index (κ1) is 14.4. The topological polar surface area (TPSA) is 71.2 Å². The molecule has 2 heterocycles. The van der Waals surface area contributed by atoms with Gasteiger partial charge in [-0.1, -0.05) is 0 Å². The first-order chi connectivity index (χ1) is 10.7. The summed E-state index contributed by atoms with van der Waals surface area (Å²) in [6, 6.07) is 11.3. The van der Waals surface area contributed by atoms with Crippen molar-refractivity contribution in [2.24, 2.45) is 0 Å². The van der Waals surface area contributed by atoms with Crippen LogP contribution in [0.3, 0.4) is 0 Å². The normalized spacial score (nSPS) is 14.6. The number of hydrogen-bond acceptors (Lipinski definition) is 4. The number of benzene rings is 1. The minimum absolute atomic E-state index is 0.231. The van der Waals surface area contributed by atoms with Crippen molar-refractivity contribution < 1.29 is 4.79 Å². The smallest absolute Gasteiger partial charge is 0.274 e. The average Bonchev–Trinajstić information content (AvgIpc) is 2.57. The van der Waals surface area contributed by atoms with Gasteiger partial charge in [0.1, 0.15) is 5.69 Å². The van der Waals surface area contributed by atoms with E-state index < -0.39 is 0 Å². The zero-order chi connectivity index (χ0) is 15.4. The Morgan fingerprint density at radius 1 is 1.05 bits per heavy atom. The monoisotopic (exact) mass is 296 g/mol. The van der Waals surface area contributed by atoms with E-state index in [0.717, 1.165) is 18.8 Å². The molecule has 0 aliphatic carbocycles. The highest BCUT2D eigenvalue weighted by molar-refractivity contribution is 6.03. The second-order valence-corrected chi connectivity index (χ2v) is 5.53. The summed E-state index contributed by atoms with van der Waals surface area (Å²) >= 11 is 0. The molecule has 1 aromatic carbocycles. The molecular formula is C17H20N4O. The molecule has 0 unspecified atom stereocenters. The van der Waals surface area contributed by atoms with Gasteiger partial charge in [-0.15, -0.1) is 0 Å². The molecule has 5 heteroatoms. The molecule has 0 spiro atoms. The third-order valence-corrected chi connectivity index (χ3v) is 3.87. The highest BCUT2D eigenvalue weighted by Crippen LogP contribution is 2.22. The molecule has 0 radical (unpaired) electrons. The van der Waals surface area contributed by atoms with Gasteiger partial charge >= 0.3 is 0 Å². The predicted octanol–water partition coefficient (Wildman–Crippen LogP) is 2.91. The maximum atomic E-state index is 12.1. The molecule has 2 aromatic rings. The molecule has 1 aliphatic rings. The number of rotatable bonds is 3. The Morgan fingerprint density at radius 2 is 1.77 bits per heavy atom. The standard InChI is InChI=1S/C17H20N4O/c18-13-4-9-16(19-12-13)17(22)20-14-5-7-15(8-6-14)21-10-2-1-3-11-21/h4-9,12H,1-3,10-11,18H2,(H,20,22). The maximum Gasteiger partial charge on any atom is 0.274 e. The number of nitrogens with one attached hydrogen (secondary N) is 1. The number of nitrogens with two attached hydrogens (primary N) is 1. The number of nitrogens with zero attached hydrogens (tertiary/aromatic N) is 2. The minimum Gasteiger partial charge on any atom is -0.397 e. The van der Waals surface area contributed by atoms with E-state index in [1.807, 2.05) is 12.1 Å². The van der Waals surface area contributed by atoms with Crippen molar-refractivity contribution in [1.82, 2.24) is 4.98 Å². The van der Waals surface area contributed by atoms with Crippen LogP contribution in [0.1, 0.15) is 29.8 Å².